The highest BCUT2D eigenvalue weighted by atomic mass is 16.5. The Morgan fingerprint density at radius 1 is 0.941 bits per heavy atom. The van der Waals surface area contributed by atoms with Gasteiger partial charge in [-0.15, -0.1) is 0 Å². The van der Waals surface area contributed by atoms with Crippen molar-refractivity contribution in [3.8, 4) is 22.6 Å². The van der Waals surface area contributed by atoms with Crippen molar-refractivity contribution < 1.29 is 19.4 Å². The van der Waals surface area contributed by atoms with Crippen molar-refractivity contribution in [1.29, 1.82) is 0 Å². The Labute approximate surface area is 203 Å². The van der Waals surface area contributed by atoms with Crippen LogP contribution in [-0.4, -0.2) is 18.2 Å². The van der Waals surface area contributed by atoms with Crippen LogP contribution in [0.15, 0.2) is 66.7 Å². The fraction of sp³-hybridized carbons (Fsp3) is 0.367. The SMILES string of the molecule is COc1cccc(-c2ccc(COc3cccc([C@@H](CC(=O)O)C(C)C)c3)cc2C(C)(C)C)c1. The Hall–Kier alpha value is -3.27. The fourth-order valence-corrected chi connectivity index (χ4v) is 4.27. The monoisotopic (exact) mass is 460 g/mol. The molecule has 4 heteroatoms. The second kappa shape index (κ2) is 10.8. The summed E-state index contributed by atoms with van der Waals surface area (Å²) in [4.78, 5) is 11.3. The van der Waals surface area contributed by atoms with E-state index in [0.29, 0.717) is 6.61 Å². The third-order valence-electron chi connectivity index (χ3n) is 6.16. The van der Waals surface area contributed by atoms with Crippen molar-refractivity contribution in [2.24, 2.45) is 5.92 Å². The van der Waals surface area contributed by atoms with Gasteiger partial charge >= 0.3 is 5.97 Å². The molecule has 0 heterocycles. The number of hydrogen-bond acceptors (Lipinski definition) is 3. The first-order valence-corrected chi connectivity index (χ1v) is 11.8. The van der Waals surface area contributed by atoms with Crippen molar-refractivity contribution in [3.63, 3.8) is 0 Å². The molecule has 3 aromatic rings. The highest BCUT2D eigenvalue weighted by Gasteiger charge is 2.21. The third-order valence-corrected chi connectivity index (χ3v) is 6.16. The van der Waals surface area contributed by atoms with E-state index in [9.17, 15) is 9.90 Å². The second-order valence-corrected chi connectivity index (χ2v) is 10.2. The summed E-state index contributed by atoms with van der Waals surface area (Å²) in [5, 5.41) is 9.30. The molecule has 180 valence electrons. The van der Waals surface area contributed by atoms with Crippen molar-refractivity contribution in [3.05, 3.63) is 83.4 Å². The van der Waals surface area contributed by atoms with Gasteiger partial charge in [-0.2, -0.15) is 0 Å². The quantitative estimate of drug-likeness (QED) is 0.360. The van der Waals surface area contributed by atoms with Gasteiger partial charge in [-0.05, 0) is 69.3 Å². The number of methoxy groups -OCH3 is 1. The Morgan fingerprint density at radius 2 is 1.65 bits per heavy atom. The van der Waals surface area contributed by atoms with E-state index in [1.165, 1.54) is 11.1 Å². The van der Waals surface area contributed by atoms with Gasteiger partial charge in [0.05, 0.1) is 13.5 Å². The van der Waals surface area contributed by atoms with E-state index >= 15 is 0 Å². The van der Waals surface area contributed by atoms with Gasteiger partial charge in [-0.25, -0.2) is 0 Å². The molecule has 0 saturated heterocycles. The van der Waals surface area contributed by atoms with E-state index in [-0.39, 0.29) is 23.7 Å². The van der Waals surface area contributed by atoms with Crippen LogP contribution in [0.1, 0.15) is 63.6 Å². The smallest absolute Gasteiger partial charge is 0.303 e. The molecule has 0 saturated carbocycles. The van der Waals surface area contributed by atoms with E-state index in [4.69, 9.17) is 9.47 Å². The molecular formula is C30H36O4. The molecule has 4 nitrogen and oxygen atoms in total. The number of benzene rings is 3. The Bertz CT molecular complexity index is 1120. The van der Waals surface area contributed by atoms with Crippen molar-refractivity contribution >= 4 is 5.97 Å². The second-order valence-electron chi connectivity index (χ2n) is 10.2. The summed E-state index contributed by atoms with van der Waals surface area (Å²) in [6, 6.07) is 22.5. The zero-order chi connectivity index (χ0) is 24.9. The third kappa shape index (κ3) is 6.40. The molecule has 3 rings (SSSR count). The Morgan fingerprint density at radius 3 is 2.29 bits per heavy atom. The molecule has 0 aliphatic heterocycles. The molecule has 0 radical (unpaired) electrons. The first-order valence-electron chi connectivity index (χ1n) is 11.8. The zero-order valence-corrected chi connectivity index (χ0v) is 21.1. The molecular weight excluding hydrogens is 424 g/mol. The largest absolute Gasteiger partial charge is 0.497 e. The van der Waals surface area contributed by atoms with Gasteiger partial charge in [0.2, 0.25) is 0 Å². The van der Waals surface area contributed by atoms with Crippen LogP contribution in [0, 0.1) is 5.92 Å². The molecule has 0 unspecified atom stereocenters. The summed E-state index contributed by atoms with van der Waals surface area (Å²) in [5.74, 6) is 0.992. The molecule has 1 N–H and O–H groups in total. The lowest BCUT2D eigenvalue weighted by Gasteiger charge is -2.24. The van der Waals surface area contributed by atoms with Gasteiger partial charge in [0.1, 0.15) is 18.1 Å². The maximum atomic E-state index is 11.3. The molecule has 3 aromatic carbocycles. The summed E-state index contributed by atoms with van der Waals surface area (Å²) < 4.78 is 11.6. The first-order chi connectivity index (χ1) is 16.1. The van der Waals surface area contributed by atoms with Gasteiger partial charge < -0.3 is 14.6 Å². The predicted octanol–water partition coefficient (Wildman–Crippen LogP) is 7.45. The average molecular weight is 461 g/mol. The summed E-state index contributed by atoms with van der Waals surface area (Å²) in [7, 11) is 1.68. The zero-order valence-electron chi connectivity index (χ0n) is 21.1. The first kappa shape index (κ1) is 25.4. The number of carboxylic acid groups (broad SMARTS) is 1. The number of hydrogen-bond donors (Lipinski definition) is 1. The van der Waals surface area contributed by atoms with Crippen molar-refractivity contribution in [1.82, 2.24) is 0 Å². The summed E-state index contributed by atoms with van der Waals surface area (Å²) >= 11 is 0. The molecule has 1 atom stereocenters. The molecule has 0 aliphatic rings. The Balaban J connectivity index is 1.85. The van der Waals surface area contributed by atoms with E-state index < -0.39 is 5.97 Å². The predicted molar refractivity (Wildman–Crippen MR) is 138 cm³/mol. The average Bonchev–Trinajstić information content (AvgIpc) is 2.80. The summed E-state index contributed by atoms with van der Waals surface area (Å²) in [5.41, 5.74) is 5.60. The number of carboxylic acids is 1. The lowest BCUT2D eigenvalue weighted by molar-refractivity contribution is -0.137. The number of aliphatic carboxylic acids is 1. The van der Waals surface area contributed by atoms with Gasteiger partial charge in [-0.3, -0.25) is 4.79 Å². The lowest BCUT2D eigenvalue weighted by atomic mass is 9.81. The number of rotatable bonds is 9. The Kier molecular flexibility index (Phi) is 8.03. The fourth-order valence-electron chi connectivity index (χ4n) is 4.27. The van der Waals surface area contributed by atoms with Crippen LogP contribution in [0.3, 0.4) is 0 Å². The van der Waals surface area contributed by atoms with Gasteiger partial charge in [-0.1, -0.05) is 77.1 Å². The van der Waals surface area contributed by atoms with Crippen LogP contribution in [0.4, 0.5) is 0 Å². The normalized spacial score (nSPS) is 12.4. The molecule has 0 aliphatic carbocycles. The highest BCUT2D eigenvalue weighted by Crippen LogP contribution is 2.36. The maximum Gasteiger partial charge on any atom is 0.303 e. The molecule has 0 aromatic heterocycles. The minimum absolute atomic E-state index is 0.0457. The van der Waals surface area contributed by atoms with Crippen LogP contribution in [0.25, 0.3) is 11.1 Å². The van der Waals surface area contributed by atoms with E-state index in [0.717, 1.165) is 28.2 Å². The topological polar surface area (TPSA) is 55.8 Å². The van der Waals surface area contributed by atoms with Gasteiger partial charge in [0, 0.05) is 0 Å². The molecule has 0 amide bonds. The standard InChI is InChI=1S/C30H36O4/c1-20(2)27(18-29(31)32)23-10-8-12-25(17-23)34-19-21-13-14-26(28(15-21)30(3,4)5)22-9-7-11-24(16-22)33-6/h7-17,20,27H,18-19H2,1-6H3,(H,31,32)/t27-/m0/s1. The van der Waals surface area contributed by atoms with E-state index in [1.54, 1.807) is 7.11 Å². The molecule has 0 bridgehead atoms. The van der Waals surface area contributed by atoms with Gasteiger partial charge in [0.15, 0.2) is 0 Å². The summed E-state index contributed by atoms with van der Waals surface area (Å²) in [6.07, 6.45) is 0.113. The minimum atomic E-state index is -0.782. The lowest BCUT2D eigenvalue weighted by Crippen LogP contribution is -2.14. The van der Waals surface area contributed by atoms with Crippen molar-refractivity contribution in [2.75, 3.05) is 7.11 Å². The minimum Gasteiger partial charge on any atom is -0.497 e. The van der Waals surface area contributed by atoms with Crippen LogP contribution in [0.2, 0.25) is 0 Å². The van der Waals surface area contributed by atoms with Crippen LogP contribution >= 0.6 is 0 Å². The van der Waals surface area contributed by atoms with Gasteiger partial charge in [0.25, 0.3) is 0 Å². The van der Waals surface area contributed by atoms with E-state index in [2.05, 4.69) is 65.0 Å². The summed E-state index contributed by atoms with van der Waals surface area (Å²) in [6.45, 7) is 11.2. The van der Waals surface area contributed by atoms with Crippen molar-refractivity contribution in [2.45, 2.75) is 59.0 Å². The molecule has 0 spiro atoms. The molecule has 0 fully saturated rings. The van der Waals surface area contributed by atoms with Crippen LogP contribution < -0.4 is 9.47 Å². The highest BCUT2D eigenvalue weighted by molar-refractivity contribution is 5.70. The van der Waals surface area contributed by atoms with E-state index in [1.807, 2.05) is 36.4 Å². The van der Waals surface area contributed by atoms with Crippen LogP contribution in [0.5, 0.6) is 11.5 Å². The number of ether oxygens (including phenoxy) is 2. The van der Waals surface area contributed by atoms with Crippen LogP contribution in [-0.2, 0) is 16.8 Å². The number of carbonyl (C=O) groups is 1. The maximum absolute atomic E-state index is 11.3. The molecule has 34 heavy (non-hydrogen) atoms.